The first-order valence-electron chi connectivity index (χ1n) is 9.08. The molecule has 0 bridgehead atoms. The van der Waals surface area contributed by atoms with Crippen molar-refractivity contribution >= 4 is 23.2 Å². The number of halogens is 2. The molecule has 2 aliphatic heterocycles. The zero-order valence-corrected chi connectivity index (χ0v) is 16.2. The van der Waals surface area contributed by atoms with Crippen molar-refractivity contribution in [2.24, 2.45) is 0 Å². The van der Waals surface area contributed by atoms with Gasteiger partial charge in [0.25, 0.3) is 0 Å². The SMILES string of the molecule is CC1=C(CCCC(=O)N2CCN(C)CC2)NN(c2ccc(F)c(Cl)c2)C1. The number of allylic oxidation sites excluding steroid dienone is 1. The van der Waals surface area contributed by atoms with Gasteiger partial charge in [-0.3, -0.25) is 9.80 Å². The van der Waals surface area contributed by atoms with Crippen LogP contribution in [0.15, 0.2) is 29.5 Å². The van der Waals surface area contributed by atoms with E-state index in [2.05, 4.69) is 24.3 Å². The summed E-state index contributed by atoms with van der Waals surface area (Å²) in [5.41, 5.74) is 6.57. The highest BCUT2D eigenvalue weighted by Gasteiger charge is 2.21. The van der Waals surface area contributed by atoms with Gasteiger partial charge in [-0.2, -0.15) is 0 Å². The molecule has 142 valence electrons. The number of likely N-dealkylation sites (N-methyl/N-ethyl adjacent to an activating group) is 1. The van der Waals surface area contributed by atoms with E-state index in [4.69, 9.17) is 11.6 Å². The van der Waals surface area contributed by atoms with Crippen LogP contribution in [0.4, 0.5) is 10.1 Å². The topological polar surface area (TPSA) is 38.8 Å². The van der Waals surface area contributed by atoms with Crippen LogP contribution in [0.5, 0.6) is 0 Å². The molecule has 1 saturated heterocycles. The molecule has 7 heteroatoms. The predicted molar refractivity (Wildman–Crippen MR) is 103 cm³/mol. The van der Waals surface area contributed by atoms with Crippen molar-refractivity contribution in [2.45, 2.75) is 26.2 Å². The van der Waals surface area contributed by atoms with Crippen LogP contribution in [-0.4, -0.2) is 55.5 Å². The number of hydrogen-bond acceptors (Lipinski definition) is 4. The first kappa shape index (κ1) is 19.0. The highest BCUT2D eigenvalue weighted by atomic mass is 35.5. The fourth-order valence-electron chi connectivity index (χ4n) is 3.34. The van der Waals surface area contributed by atoms with E-state index in [1.807, 2.05) is 9.91 Å². The average Bonchev–Trinajstić information content (AvgIpc) is 2.99. The summed E-state index contributed by atoms with van der Waals surface area (Å²) in [6, 6.07) is 4.71. The van der Waals surface area contributed by atoms with Gasteiger partial charge in [-0.25, -0.2) is 4.39 Å². The summed E-state index contributed by atoms with van der Waals surface area (Å²) in [5.74, 6) is -0.168. The number of piperazine rings is 1. The lowest BCUT2D eigenvalue weighted by Crippen LogP contribution is -2.47. The summed E-state index contributed by atoms with van der Waals surface area (Å²) in [7, 11) is 2.09. The van der Waals surface area contributed by atoms with Crippen molar-refractivity contribution < 1.29 is 9.18 Å². The van der Waals surface area contributed by atoms with E-state index in [0.29, 0.717) is 6.42 Å². The number of carbonyl (C=O) groups is 1. The van der Waals surface area contributed by atoms with Gasteiger partial charge in [0.15, 0.2) is 0 Å². The quantitative estimate of drug-likeness (QED) is 0.852. The molecule has 3 rings (SSSR count). The molecule has 2 aliphatic rings. The Balaban J connectivity index is 1.47. The van der Waals surface area contributed by atoms with Crippen LogP contribution in [0.25, 0.3) is 0 Å². The minimum absolute atomic E-state index is 0.119. The summed E-state index contributed by atoms with van der Waals surface area (Å²) in [5, 5.41) is 2.08. The van der Waals surface area contributed by atoms with E-state index in [1.54, 1.807) is 12.1 Å². The van der Waals surface area contributed by atoms with Gasteiger partial charge in [-0.05, 0) is 50.6 Å². The first-order chi connectivity index (χ1) is 12.4. The molecular formula is C19H26ClFN4O. The number of amides is 1. The summed E-state index contributed by atoms with van der Waals surface area (Å²) < 4.78 is 13.3. The number of carbonyl (C=O) groups excluding carboxylic acids is 1. The number of nitrogens with zero attached hydrogens (tertiary/aromatic N) is 3. The van der Waals surface area contributed by atoms with Crippen molar-refractivity contribution in [3.63, 3.8) is 0 Å². The molecule has 1 amide bonds. The fourth-order valence-corrected chi connectivity index (χ4v) is 3.51. The normalized spacial score (nSPS) is 18.5. The number of anilines is 1. The van der Waals surface area contributed by atoms with Crippen LogP contribution in [0.3, 0.4) is 0 Å². The van der Waals surface area contributed by atoms with Crippen molar-refractivity contribution in [2.75, 3.05) is 44.8 Å². The van der Waals surface area contributed by atoms with Crippen molar-refractivity contribution in [3.05, 3.63) is 40.3 Å². The minimum atomic E-state index is -0.415. The number of hydrogen-bond donors (Lipinski definition) is 1. The Kier molecular flexibility index (Phi) is 6.04. The van der Waals surface area contributed by atoms with Crippen LogP contribution < -0.4 is 10.4 Å². The van der Waals surface area contributed by atoms with Crippen LogP contribution in [-0.2, 0) is 4.79 Å². The van der Waals surface area contributed by atoms with Crippen LogP contribution >= 0.6 is 11.6 Å². The predicted octanol–water partition coefficient (Wildman–Crippen LogP) is 3.02. The second-order valence-electron chi connectivity index (χ2n) is 7.09. The third-order valence-electron chi connectivity index (χ3n) is 5.07. The Hall–Kier alpha value is -1.79. The smallest absolute Gasteiger partial charge is 0.222 e. The summed E-state index contributed by atoms with van der Waals surface area (Å²) >= 11 is 5.88. The maximum Gasteiger partial charge on any atom is 0.222 e. The number of hydrazine groups is 1. The fraction of sp³-hybridized carbons (Fsp3) is 0.526. The van der Waals surface area contributed by atoms with Gasteiger partial charge in [0.05, 0.1) is 17.3 Å². The van der Waals surface area contributed by atoms with Gasteiger partial charge in [0.1, 0.15) is 5.82 Å². The number of nitrogens with one attached hydrogen (secondary N) is 1. The molecule has 1 N–H and O–H groups in total. The third kappa shape index (κ3) is 4.48. The van der Waals surface area contributed by atoms with Gasteiger partial charge in [0.2, 0.25) is 5.91 Å². The Morgan fingerprint density at radius 3 is 2.69 bits per heavy atom. The maximum atomic E-state index is 13.3. The summed E-state index contributed by atoms with van der Waals surface area (Å²) in [6.45, 7) is 6.36. The van der Waals surface area contributed by atoms with Crippen molar-refractivity contribution in [1.82, 2.24) is 15.2 Å². The highest BCUT2D eigenvalue weighted by Crippen LogP contribution is 2.26. The van der Waals surface area contributed by atoms with Gasteiger partial charge < -0.3 is 15.2 Å². The molecule has 0 aromatic heterocycles. The Morgan fingerprint density at radius 1 is 1.27 bits per heavy atom. The largest absolute Gasteiger partial charge is 0.340 e. The first-order valence-corrected chi connectivity index (χ1v) is 9.46. The van der Waals surface area contributed by atoms with Crippen LogP contribution in [0, 0.1) is 5.82 Å². The third-order valence-corrected chi connectivity index (χ3v) is 5.36. The molecule has 1 fully saturated rings. The van der Waals surface area contributed by atoms with Gasteiger partial charge >= 0.3 is 0 Å². The Labute approximate surface area is 159 Å². The molecule has 1 aromatic carbocycles. The van der Waals surface area contributed by atoms with Gasteiger partial charge in [0, 0.05) is 38.3 Å². The molecule has 1 aromatic rings. The van der Waals surface area contributed by atoms with Crippen molar-refractivity contribution in [3.8, 4) is 0 Å². The average molecular weight is 381 g/mol. The molecule has 26 heavy (non-hydrogen) atoms. The van der Waals surface area contributed by atoms with Crippen molar-refractivity contribution in [1.29, 1.82) is 0 Å². The Bertz CT molecular complexity index is 701. The second kappa shape index (κ2) is 8.27. The summed E-state index contributed by atoms with van der Waals surface area (Å²) in [4.78, 5) is 16.5. The van der Waals surface area contributed by atoms with E-state index in [-0.39, 0.29) is 10.9 Å². The van der Waals surface area contributed by atoms with E-state index in [9.17, 15) is 9.18 Å². The monoisotopic (exact) mass is 380 g/mol. The number of benzene rings is 1. The van der Waals surface area contributed by atoms with Crippen LogP contribution in [0.2, 0.25) is 5.02 Å². The zero-order valence-electron chi connectivity index (χ0n) is 15.4. The molecule has 5 nitrogen and oxygen atoms in total. The lowest BCUT2D eigenvalue weighted by Gasteiger charge is -2.32. The maximum absolute atomic E-state index is 13.3. The molecular weight excluding hydrogens is 355 g/mol. The molecule has 0 aliphatic carbocycles. The van der Waals surface area contributed by atoms with Gasteiger partial charge in [-0.15, -0.1) is 0 Å². The lowest BCUT2D eigenvalue weighted by molar-refractivity contribution is -0.132. The molecule has 0 unspecified atom stereocenters. The number of rotatable bonds is 5. The van der Waals surface area contributed by atoms with Gasteiger partial charge in [-0.1, -0.05) is 11.6 Å². The molecule has 0 spiro atoms. The molecule has 0 saturated carbocycles. The summed E-state index contributed by atoms with van der Waals surface area (Å²) in [6.07, 6.45) is 2.23. The lowest BCUT2D eigenvalue weighted by atomic mass is 10.1. The van der Waals surface area contributed by atoms with Crippen LogP contribution in [0.1, 0.15) is 26.2 Å². The van der Waals surface area contributed by atoms with E-state index in [1.165, 1.54) is 11.6 Å². The second-order valence-corrected chi connectivity index (χ2v) is 7.50. The molecule has 0 radical (unpaired) electrons. The molecule has 0 atom stereocenters. The van der Waals surface area contributed by atoms with E-state index < -0.39 is 5.82 Å². The highest BCUT2D eigenvalue weighted by molar-refractivity contribution is 6.31. The Morgan fingerprint density at radius 2 is 2.00 bits per heavy atom. The zero-order chi connectivity index (χ0) is 18.7. The minimum Gasteiger partial charge on any atom is -0.340 e. The van der Waals surface area contributed by atoms with E-state index >= 15 is 0 Å². The van der Waals surface area contributed by atoms with E-state index in [0.717, 1.165) is 56.9 Å². The molecule has 2 heterocycles. The standard InChI is InChI=1S/C19H26ClFN4O/c1-14-13-25(15-6-7-17(21)16(20)12-15)22-18(14)4-3-5-19(26)24-10-8-23(2)9-11-24/h6-7,12,22H,3-5,8-11,13H2,1-2H3.